The standard InChI is InChI=1S/C32H37N3O/c1-32-17-18-33-30(32)14-8-13-29(32)31(36)35-22-27(28(23-35)26-11-6-3-7-12-26)21-34-19-15-25(16-20-34)24-9-4-2-5-10-24/h2-14,17-18,25,27-28,30,33H,15-16,19-23H2,1H3/t27-,28+,30?,32?/m0/s1. The van der Waals surface area contributed by atoms with E-state index in [1.54, 1.807) is 0 Å². The predicted octanol–water partition coefficient (Wildman–Crippen LogP) is 5.10. The second kappa shape index (κ2) is 9.74. The Morgan fingerprint density at radius 2 is 1.67 bits per heavy atom. The van der Waals surface area contributed by atoms with Crippen molar-refractivity contribution in [3.05, 3.63) is 108 Å². The number of fused-ring (bicyclic) bond motifs is 1. The lowest BCUT2D eigenvalue weighted by Gasteiger charge is -2.35. The minimum Gasteiger partial charge on any atom is -0.384 e. The lowest BCUT2D eigenvalue weighted by molar-refractivity contribution is -0.127. The molecule has 2 unspecified atom stereocenters. The third kappa shape index (κ3) is 4.32. The zero-order chi connectivity index (χ0) is 24.5. The molecule has 1 aliphatic carbocycles. The van der Waals surface area contributed by atoms with Crippen molar-refractivity contribution in [3.8, 4) is 0 Å². The van der Waals surface area contributed by atoms with Gasteiger partial charge in [-0.05, 0) is 62.0 Å². The molecule has 2 fully saturated rings. The van der Waals surface area contributed by atoms with Crippen LogP contribution in [0.3, 0.4) is 0 Å². The zero-order valence-electron chi connectivity index (χ0n) is 21.2. The Kier molecular flexibility index (Phi) is 6.30. The van der Waals surface area contributed by atoms with Crippen LogP contribution < -0.4 is 5.32 Å². The molecule has 4 aliphatic rings. The van der Waals surface area contributed by atoms with Crippen molar-refractivity contribution >= 4 is 5.91 Å². The number of rotatable bonds is 5. The maximum atomic E-state index is 13.9. The second-order valence-corrected chi connectivity index (χ2v) is 11.2. The number of nitrogens with one attached hydrogen (secondary N) is 1. The fourth-order valence-corrected chi connectivity index (χ4v) is 6.83. The number of carbonyl (C=O) groups excluding carboxylic acids is 1. The summed E-state index contributed by atoms with van der Waals surface area (Å²) in [5.41, 5.74) is 3.48. The molecule has 0 bridgehead atoms. The molecule has 2 aromatic carbocycles. The van der Waals surface area contributed by atoms with Crippen molar-refractivity contribution in [1.82, 2.24) is 15.1 Å². The van der Waals surface area contributed by atoms with Gasteiger partial charge in [-0.25, -0.2) is 0 Å². The Labute approximate surface area is 215 Å². The predicted molar refractivity (Wildman–Crippen MR) is 146 cm³/mol. The summed E-state index contributed by atoms with van der Waals surface area (Å²) in [5, 5.41) is 3.40. The second-order valence-electron chi connectivity index (χ2n) is 11.2. The summed E-state index contributed by atoms with van der Waals surface area (Å²) >= 11 is 0. The van der Waals surface area contributed by atoms with E-state index < -0.39 is 0 Å². The molecule has 4 heteroatoms. The highest BCUT2D eigenvalue weighted by molar-refractivity contribution is 5.96. The maximum Gasteiger partial charge on any atom is 0.250 e. The number of carbonyl (C=O) groups is 1. The van der Waals surface area contributed by atoms with Gasteiger partial charge in [0.1, 0.15) is 0 Å². The van der Waals surface area contributed by atoms with Gasteiger partial charge < -0.3 is 15.1 Å². The molecule has 0 spiro atoms. The van der Waals surface area contributed by atoms with E-state index in [9.17, 15) is 4.79 Å². The van der Waals surface area contributed by atoms with E-state index in [4.69, 9.17) is 0 Å². The van der Waals surface area contributed by atoms with E-state index in [0.29, 0.717) is 17.8 Å². The highest BCUT2D eigenvalue weighted by Crippen LogP contribution is 2.42. The third-order valence-corrected chi connectivity index (χ3v) is 9.04. The third-order valence-electron chi connectivity index (χ3n) is 9.04. The number of piperidine rings is 1. The van der Waals surface area contributed by atoms with Crippen LogP contribution in [0.5, 0.6) is 0 Å². The Morgan fingerprint density at radius 1 is 0.972 bits per heavy atom. The Bertz CT molecular complexity index is 1160. The summed E-state index contributed by atoms with van der Waals surface area (Å²) in [4.78, 5) is 18.7. The van der Waals surface area contributed by atoms with Crippen molar-refractivity contribution in [2.24, 2.45) is 11.3 Å². The van der Waals surface area contributed by atoms with E-state index in [0.717, 1.165) is 38.3 Å². The molecule has 3 heterocycles. The Morgan fingerprint density at radius 3 is 2.39 bits per heavy atom. The number of benzene rings is 2. The fourth-order valence-electron chi connectivity index (χ4n) is 6.83. The van der Waals surface area contributed by atoms with Crippen LogP contribution in [-0.4, -0.2) is 54.5 Å². The molecular weight excluding hydrogens is 442 g/mol. The first-order chi connectivity index (χ1) is 17.6. The van der Waals surface area contributed by atoms with Crippen LogP contribution in [0.1, 0.15) is 42.7 Å². The lowest BCUT2D eigenvalue weighted by atomic mass is 9.74. The van der Waals surface area contributed by atoms with Crippen LogP contribution in [0.2, 0.25) is 0 Å². The largest absolute Gasteiger partial charge is 0.384 e. The first-order valence-electron chi connectivity index (χ1n) is 13.6. The Balaban J connectivity index is 1.17. The maximum absolute atomic E-state index is 13.9. The van der Waals surface area contributed by atoms with E-state index in [-0.39, 0.29) is 17.4 Å². The normalized spacial score (nSPS) is 30.2. The van der Waals surface area contributed by atoms with E-state index in [2.05, 4.69) is 94.9 Å². The summed E-state index contributed by atoms with van der Waals surface area (Å²) in [6.07, 6.45) is 12.8. The summed E-state index contributed by atoms with van der Waals surface area (Å²) in [6, 6.07) is 22.0. The van der Waals surface area contributed by atoms with Crippen molar-refractivity contribution in [2.45, 2.75) is 37.6 Å². The summed E-state index contributed by atoms with van der Waals surface area (Å²) in [5.74, 6) is 1.70. The molecule has 36 heavy (non-hydrogen) atoms. The molecular formula is C32H37N3O. The number of nitrogens with zero attached hydrogens (tertiary/aromatic N) is 2. The van der Waals surface area contributed by atoms with Gasteiger partial charge in [0.15, 0.2) is 0 Å². The lowest BCUT2D eigenvalue weighted by Crippen LogP contribution is -2.43. The molecule has 6 rings (SSSR count). The van der Waals surface area contributed by atoms with Gasteiger partial charge in [-0.3, -0.25) is 4.79 Å². The Hall–Kier alpha value is -3.11. The number of hydrogen-bond donors (Lipinski definition) is 1. The van der Waals surface area contributed by atoms with Gasteiger partial charge in [0, 0.05) is 36.5 Å². The van der Waals surface area contributed by atoms with E-state index >= 15 is 0 Å². The first kappa shape index (κ1) is 23.3. The summed E-state index contributed by atoms with van der Waals surface area (Å²) in [7, 11) is 0. The van der Waals surface area contributed by atoms with Crippen molar-refractivity contribution < 1.29 is 4.79 Å². The molecule has 4 atom stereocenters. The van der Waals surface area contributed by atoms with Crippen molar-refractivity contribution in [2.75, 3.05) is 32.7 Å². The summed E-state index contributed by atoms with van der Waals surface area (Å²) < 4.78 is 0. The van der Waals surface area contributed by atoms with Gasteiger partial charge in [-0.1, -0.05) is 85.0 Å². The van der Waals surface area contributed by atoms with Crippen molar-refractivity contribution in [3.63, 3.8) is 0 Å². The van der Waals surface area contributed by atoms with Gasteiger partial charge in [-0.2, -0.15) is 0 Å². The summed E-state index contributed by atoms with van der Waals surface area (Å²) in [6.45, 7) is 7.14. The van der Waals surface area contributed by atoms with Crippen LogP contribution in [0.4, 0.5) is 0 Å². The van der Waals surface area contributed by atoms with Gasteiger partial charge in [-0.15, -0.1) is 0 Å². The average Bonchev–Trinajstić information content (AvgIpc) is 3.53. The highest BCUT2D eigenvalue weighted by atomic mass is 16.2. The zero-order valence-corrected chi connectivity index (χ0v) is 21.2. The number of likely N-dealkylation sites (tertiary alicyclic amines) is 2. The van der Waals surface area contributed by atoms with Crippen LogP contribution >= 0.6 is 0 Å². The topological polar surface area (TPSA) is 35.6 Å². The molecule has 186 valence electrons. The van der Waals surface area contributed by atoms with Gasteiger partial charge in [0.05, 0.1) is 6.04 Å². The molecule has 1 N–H and O–H groups in total. The minimum absolute atomic E-state index is 0.163. The van der Waals surface area contributed by atoms with Crippen LogP contribution in [0, 0.1) is 11.3 Å². The van der Waals surface area contributed by atoms with Gasteiger partial charge >= 0.3 is 0 Å². The average molecular weight is 480 g/mol. The van der Waals surface area contributed by atoms with E-state index in [1.165, 1.54) is 24.0 Å². The molecule has 4 nitrogen and oxygen atoms in total. The first-order valence-corrected chi connectivity index (χ1v) is 13.6. The molecule has 0 aromatic heterocycles. The quantitative estimate of drug-likeness (QED) is 0.648. The highest BCUT2D eigenvalue weighted by Gasteiger charge is 2.45. The van der Waals surface area contributed by atoms with Crippen LogP contribution in [-0.2, 0) is 4.79 Å². The fraction of sp³-hybridized carbons (Fsp3) is 0.406. The smallest absolute Gasteiger partial charge is 0.250 e. The van der Waals surface area contributed by atoms with Gasteiger partial charge in [0.25, 0.3) is 5.91 Å². The molecule has 2 saturated heterocycles. The molecule has 0 radical (unpaired) electrons. The van der Waals surface area contributed by atoms with Crippen LogP contribution in [0.25, 0.3) is 0 Å². The van der Waals surface area contributed by atoms with E-state index in [1.807, 2.05) is 18.4 Å². The van der Waals surface area contributed by atoms with Crippen LogP contribution in [0.15, 0.2) is 96.7 Å². The SMILES string of the molecule is CC12C=CNC1C=CC=C2C(=O)N1C[C@H](CN2CCC(c3ccccc3)CC2)[C@@H](c2ccccc2)C1. The number of amides is 1. The van der Waals surface area contributed by atoms with Crippen molar-refractivity contribution in [1.29, 1.82) is 0 Å². The molecule has 0 saturated carbocycles. The molecule has 1 amide bonds. The monoisotopic (exact) mass is 479 g/mol. The number of hydrogen-bond acceptors (Lipinski definition) is 3. The molecule has 2 aromatic rings. The minimum atomic E-state index is -0.272. The van der Waals surface area contributed by atoms with Gasteiger partial charge in [0.2, 0.25) is 0 Å². The molecule has 3 aliphatic heterocycles. The number of allylic oxidation sites excluding steroid dienone is 2.